The number of hydrogen-bond donors (Lipinski definition) is 2. The number of amides is 1. The molecular formula is C13H17BrN2O3S. The highest BCUT2D eigenvalue weighted by atomic mass is 79.9. The molecule has 0 atom stereocenters. The van der Waals surface area contributed by atoms with Crippen LogP contribution >= 0.6 is 15.9 Å². The van der Waals surface area contributed by atoms with Crippen molar-refractivity contribution in [3.8, 4) is 0 Å². The van der Waals surface area contributed by atoms with E-state index < -0.39 is 21.5 Å². The van der Waals surface area contributed by atoms with Crippen molar-refractivity contribution in [3.63, 3.8) is 0 Å². The van der Waals surface area contributed by atoms with Crippen molar-refractivity contribution in [2.45, 2.75) is 36.6 Å². The van der Waals surface area contributed by atoms with Gasteiger partial charge < -0.3 is 11.1 Å². The van der Waals surface area contributed by atoms with Crippen LogP contribution in [0, 0.1) is 0 Å². The predicted molar refractivity (Wildman–Crippen MR) is 81.0 cm³/mol. The second-order valence-electron chi connectivity index (χ2n) is 5.00. The summed E-state index contributed by atoms with van der Waals surface area (Å²) in [6.07, 6.45) is 4.02. The van der Waals surface area contributed by atoms with Gasteiger partial charge in [0.05, 0.1) is 4.90 Å². The van der Waals surface area contributed by atoms with E-state index in [1.807, 2.05) is 0 Å². The molecule has 2 rings (SSSR count). The van der Waals surface area contributed by atoms with Gasteiger partial charge in [-0.1, -0.05) is 12.8 Å². The smallest absolute Gasteiger partial charge is 0.235 e. The highest BCUT2D eigenvalue weighted by Crippen LogP contribution is 2.25. The molecule has 1 aliphatic carbocycles. The molecule has 1 amide bonds. The fraction of sp³-hybridized carbons (Fsp3) is 0.462. The van der Waals surface area contributed by atoms with Gasteiger partial charge in [0.15, 0.2) is 9.84 Å². The summed E-state index contributed by atoms with van der Waals surface area (Å²) in [5.41, 5.74) is 6.04. The van der Waals surface area contributed by atoms with Crippen LogP contribution in [-0.4, -0.2) is 26.1 Å². The van der Waals surface area contributed by atoms with Crippen molar-refractivity contribution in [2.24, 2.45) is 0 Å². The van der Waals surface area contributed by atoms with E-state index in [9.17, 15) is 13.2 Å². The molecule has 1 saturated carbocycles. The fourth-order valence-electron chi connectivity index (χ4n) is 2.36. The minimum atomic E-state index is -3.66. The first kappa shape index (κ1) is 15.3. The molecule has 0 heterocycles. The quantitative estimate of drug-likeness (QED) is 0.802. The molecule has 0 aromatic heterocycles. The molecule has 7 heteroatoms. The van der Waals surface area contributed by atoms with Gasteiger partial charge in [0, 0.05) is 16.2 Å². The maximum atomic E-state index is 12.2. The van der Waals surface area contributed by atoms with Gasteiger partial charge in [-0.25, -0.2) is 8.42 Å². The summed E-state index contributed by atoms with van der Waals surface area (Å²) < 4.78 is 24.8. The van der Waals surface area contributed by atoms with Crippen molar-refractivity contribution in [1.82, 2.24) is 5.32 Å². The molecule has 110 valence electrons. The van der Waals surface area contributed by atoms with E-state index in [0.29, 0.717) is 10.2 Å². The molecule has 0 unspecified atom stereocenters. The molecule has 0 saturated heterocycles. The first-order chi connectivity index (χ1) is 9.38. The second kappa shape index (κ2) is 6.13. The van der Waals surface area contributed by atoms with Crippen LogP contribution in [-0.2, 0) is 14.6 Å². The average Bonchev–Trinajstić information content (AvgIpc) is 2.79. The maximum absolute atomic E-state index is 12.2. The van der Waals surface area contributed by atoms with Gasteiger partial charge in [-0.2, -0.15) is 0 Å². The summed E-state index contributed by atoms with van der Waals surface area (Å²) in [5, 5.41) is 2.78. The number of nitrogen functional groups attached to an aromatic ring is 1. The largest absolute Gasteiger partial charge is 0.399 e. The van der Waals surface area contributed by atoms with Gasteiger partial charge in [0.25, 0.3) is 0 Å². The molecule has 0 spiro atoms. The molecule has 20 heavy (non-hydrogen) atoms. The highest BCUT2D eigenvalue weighted by molar-refractivity contribution is 9.10. The fourth-order valence-corrected chi connectivity index (χ4v) is 4.71. The molecule has 1 fully saturated rings. The molecule has 1 aromatic carbocycles. The lowest BCUT2D eigenvalue weighted by Gasteiger charge is -2.12. The number of carbonyl (C=O) groups excluding carboxylic acids is 1. The number of halogens is 1. The van der Waals surface area contributed by atoms with Gasteiger partial charge in [-0.3, -0.25) is 4.79 Å². The number of hydrogen-bond acceptors (Lipinski definition) is 4. The Hall–Kier alpha value is -1.08. The summed E-state index contributed by atoms with van der Waals surface area (Å²) in [4.78, 5) is 11.9. The van der Waals surface area contributed by atoms with Crippen molar-refractivity contribution < 1.29 is 13.2 Å². The van der Waals surface area contributed by atoms with Gasteiger partial charge in [0.1, 0.15) is 5.75 Å². The lowest BCUT2D eigenvalue weighted by Crippen LogP contribution is -2.36. The number of sulfone groups is 1. The van der Waals surface area contributed by atoms with E-state index in [1.54, 1.807) is 0 Å². The number of benzene rings is 1. The van der Waals surface area contributed by atoms with Crippen LogP contribution in [0.15, 0.2) is 27.6 Å². The van der Waals surface area contributed by atoms with E-state index >= 15 is 0 Å². The zero-order chi connectivity index (χ0) is 14.8. The third kappa shape index (κ3) is 3.73. The van der Waals surface area contributed by atoms with Crippen LogP contribution in [0.25, 0.3) is 0 Å². The molecule has 5 nitrogen and oxygen atoms in total. The lowest BCUT2D eigenvalue weighted by molar-refractivity contribution is -0.119. The predicted octanol–water partition coefficient (Wildman–Crippen LogP) is 1.86. The minimum absolute atomic E-state index is 0.0910. The van der Waals surface area contributed by atoms with E-state index in [0.717, 1.165) is 25.7 Å². The van der Waals surface area contributed by atoms with Crippen molar-refractivity contribution in [1.29, 1.82) is 0 Å². The Balaban J connectivity index is 2.08. The number of nitrogens with one attached hydrogen (secondary N) is 1. The molecule has 1 aliphatic rings. The zero-order valence-corrected chi connectivity index (χ0v) is 13.3. The van der Waals surface area contributed by atoms with Crippen LogP contribution < -0.4 is 11.1 Å². The Morgan fingerprint density at radius 3 is 2.60 bits per heavy atom. The maximum Gasteiger partial charge on any atom is 0.235 e. The molecule has 0 aliphatic heterocycles. The van der Waals surface area contributed by atoms with Crippen molar-refractivity contribution >= 4 is 37.4 Å². The Morgan fingerprint density at radius 2 is 2.00 bits per heavy atom. The molecule has 0 bridgehead atoms. The Labute approximate surface area is 127 Å². The van der Waals surface area contributed by atoms with E-state index in [4.69, 9.17) is 5.73 Å². The van der Waals surface area contributed by atoms with Gasteiger partial charge in [-0.15, -0.1) is 0 Å². The van der Waals surface area contributed by atoms with Gasteiger partial charge in [0.2, 0.25) is 5.91 Å². The van der Waals surface area contributed by atoms with Crippen LogP contribution in [0.1, 0.15) is 25.7 Å². The zero-order valence-electron chi connectivity index (χ0n) is 10.9. The van der Waals surface area contributed by atoms with E-state index in [2.05, 4.69) is 21.2 Å². The summed E-state index contributed by atoms with van der Waals surface area (Å²) in [6.45, 7) is 0. The van der Waals surface area contributed by atoms with Gasteiger partial charge >= 0.3 is 0 Å². The first-order valence-electron chi connectivity index (χ1n) is 6.45. The minimum Gasteiger partial charge on any atom is -0.399 e. The Bertz CT molecular complexity index is 610. The number of carbonyl (C=O) groups is 1. The monoisotopic (exact) mass is 360 g/mol. The molecule has 1 aromatic rings. The normalized spacial score (nSPS) is 16.2. The van der Waals surface area contributed by atoms with Crippen molar-refractivity contribution in [2.75, 3.05) is 11.5 Å². The highest BCUT2D eigenvalue weighted by Gasteiger charge is 2.24. The van der Waals surface area contributed by atoms with Crippen molar-refractivity contribution in [3.05, 3.63) is 22.7 Å². The summed E-state index contributed by atoms with van der Waals surface area (Å²) in [7, 11) is -3.66. The van der Waals surface area contributed by atoms with Crippen LogP contribution in [0.5, 0.6) is 0 Å². The first-order valence-corrected chi connectivity index (χ1v) is 8.90. The van der Waals surface area contributed by atoms with Gasteiger partial charge in [-0.05, 0) is 47.0 Å². The number of anilines is 1. The lowest BCUT2D eigenvalue weighted by atomic mass is 10.2. The van der Waals surface area contributed by atoms with Crippen LogP contribution in [0.3, 0.4) is 0 Å². The van der Waals surface area contributed by atoms with E-state index in [1.165, 1.54) is 18.2 Å². The standard InChI is InChI=1S/C13H17BrN2O3S/c14-11-7-9(15)5-6-12(11)20(18,19)8-13(17)16-10-3-1-2-4-10/h5-7,10H,1-4,8,15H2,(H,16,17). The van der Waals surface area contributed by atoms with Crippen LogP contribution in [0.4, 0.5) is 5.69 Å². The summed E-state index contributed by atoms with van der Waals surface area (Å²) in [6, 6.07) is 4.55. The summed E-state index contributed by atoms with van der Waals surface area (Å²) >= 11 is 3.17. The summed E-state index contributed by atoms with van der Waals surface area (Å²) in [5.74, 6) is -0.980. The number of nitrogens with two attached hydrogens (primary N) is 1. The Morgan fingerprint density at radius 1 is 1.35 bits per heavy atom. The SMILES string of the molecule is Nc1ccc(S(=O)(=O)CC(=O)NC2CCCC2)c(Br)c1. The topological polar surface area (TPSA) is 89.3 Å². The molecule has 0 radical (unpaired) electrons. The third-order valence-electron chi connectivity index (χ3n) is 3.33. The molecule has 3 N–H and O–H groups in total. The van der Waals surface area contributed by atoms with E-state index in [-0.39, 0.29) is 10.9 Å². The Kier molecular flexibility index (Phi) is 4.70. The third-order valence-corrected chi connectivity index (χ3v) is 5.92. The second-order valence-corrected chi connectivity index (χ2v) is 7.81. The van der Waals surface area contributed by atoms with Crippen LogP contribution in [0.2, 0.25) is 0 Å². The number of rotatable bonds is 4. The average molecular weight is 361 g/mol. The molecular weight excluding hydrogens is 344 g/mol.